The number of aliphatic hydroxyl groups is 1. The number of rotatable bonds is 5. The van der Waals surface area contributed by atoms with Gasteiger partial charge in [0.15, 0.2) is 11.4 Å². The Morgan fingerprint density at radius 1 is 1.00 bits per heavy atom. The van der Waals surface area contributed by atoms with Gasteiger partial charge in [0.2, 0.25) is 0 Å². The summed E-state index contributed by atoms with van der Waals surface area (Å²) in [5, 5.41) is 11.9. The van der Waals surface area contributed by atoms with Gasteiger partial charge < -0.3 is 10.0 Å². The summed E-state index contributed by atoms with van der Waals surface area (Å²) in [7, 11) is 0. The van der Waals surface area contributed by atoms with Gasteiger partial charge in [-0.2, -0.15) is 0 Å². The number of hydrogen-bond donors (Lipinski definition) is 1. The predicted octanol–water partition coefficient (Wildman–Crippen LogP) is 5.64. The van der Waals surface area contributed by atoms with Gasteiger partial charge in [0, 0.05) is 16.1 Å². The minimum atomic E-state index is -1.96. The number of benzene rings is 3. The Kier molecular flexibility index (Phi) is 5.70. The van der Waals surface area contributed by atoms with Gasteiger partial charge in [-0.15, -0.1) is 0 Å². The molecule has 4 rings (SSSR count). The number of carbonyl (C=O) groups is 2. The minimum absolute atomic E-state index is 0.0329. The van der Waals surface area contributed by atoms with Crippen molar-refractivity contribution in [1.82, 2.24) is 0 Å². The highest BCUT2D eigenvalue weighted by atomic mass is 35.5. The maximum atomic E-state index is 13.4. The number of ketones is 1. The molecular formula is C27H26ClNO3. The van der Waals surface area contributed by atoms with E-state index in [1.807, 2.05) is 42.5 Å². The standard InChI is InChI=1S/C27H26ClNO3/c1-26(2,3)20-11-9-19(10-12-20)24(30)16-27(32)22-15-21(28)13-14-23(22)29(25(27)31)17-18-7-5-4-6-8-18/h4-15,32H,16-17H2,1-3H3/t27-/m0/s1. The zero-order valence-corrected chi connectivity index (χ0v) is 19.2. The molecule has 1 heterocycles. The zero-order valence-electron chi connectivity index (χ0n) is 18.4. The number of amides is 1. The number of anilines is 1. The second kappa shape index (κ2) is 8.19. The first-order valence-electron chi connectivity index (χ1n) is 10.6. The Morgan fingerprint density at radius 2 is 1.66 bits per heavy atom. The fraction of sp³-hybridized carbons (Fsp3) is 0.259. The fourth-order valence-corrected chi connectivity index (χ4v) is 4.28. The Morgan fingerprint density at radius 3 is 2.28 bits per heavy atom. The lowest BCUT2D eigenvalue weighted by Crippen LogP contribution is -2.41. The molecule has 1 atom stereocenters. The normalized spacial score (nSPS) is 18.0. The Hall–Kier alpha value is -2.95. The second-order valence-electron chi connectivity index (χ2n) is 9.33. The number of hydrogen-bond acceptors (Lipinski definition) is 3. The summed E-state index contributed by atoms with van der Waals surface area (Å²) >= 11 is 6.19. The summed E-state index contributed by atoms with van der Waals surface area (Å²) in [6.45, 7) is 6.61. The van der Waals surface area contributed by atoms with E-state index in [0.29, 0.717) is 28.4 Å². The van der Waals surface area contributed by atoms with Gasteiger partial charge in [-0.3, -0.25) is 9.59 Å². The van der Waals surface area contributed by atoms with Crippen LogP contribution in [0.3, 0.4) is 0 Å². The fourth-order valence-electron chi connectivity index (χ4n) is 4.11. The Balaban J connectivity index is 1.66. The average Bonchev–Trinajstić information content (AvgIpc) is 2.95. The average molecular weight is 448 g/mol. The van der Waals surface area contributed by atoms with E-state index in [4.69, 9.17) is 11.6 Å². The molecule has 1 amide bonds. The first-order chi connectivity index (χ1) is 15.1. The predicted molar refractivity (Wildman–Crippen MR) is 127 cm³/mol. The molecule has 164 valence electrons. The van der Waals surface area contributed by atoms with E-state index in [1.165, 1.54) is 4.90 Å². The third-order valence-electron chi connectivity index (χ3n) is 5.97. The number of carbonyl (C=O) groups excluding carboxylic acids is 2. The molecule has 1 aliphatic rings. The second-order valence-corrected chi connectivity index (χ2v) is 9.76. The van der Waals surface area contributed by atoms with Crippen LogP contribution >= 0.6 is 11.6 Å². The van der Waals surface area contributed by atoms with Crippen LogP contribution in [0.1, 0.15) is 54.2 Å². The summed E-state index contributed by atoms with van der Waals surface area (Å²) in [6.07, 6.45) is -0.348. The van der Waals surface area contributed by atoms with Crippen molar-refractivity contribution in [1.29, 1.82) is 0 Å². The smallest absolute Gasteiger partial charge is 0.264 e. The highest BCUT2D eigenvalue weighted by Gasteiger charge is 2.51. The molecule has 4 nitrogen and oxygen atoms in total. The van der Waals surface area contributed by atoms with Crippen LogP contribution in [0.4, 0.5) is 5.69 Å². The monoisotopic (exact) mass is 447 g/mol. The van der Waals surface area contributed by atoms with Crippen LogP contribution in [0.2, 0.25) is 5.02 Å². The molecule has 0 saturated carbocycles. The first kappa shape index (κ1) is 22.3. The highest BCUT2D eigenvalue weighted by molar-refractivity contribution is 6.31. The largest absolute Gasteiger partial charge is 0.375 e. The van der Waals surface area contributed by atoms with Crippen molar-refractivity contribution in [2.75, 3.05) is 4.90 Å². The molecule has 0 aliphatic carbocycles. The molecular weight excluding hydrogens is 422 g/mol. The number of nitrogens with zero attached hydrogens (tertiary/aromatic N) is 1. The van der Waals surface area contributed by atoms with Gasteiger partial charge in [-0.05, 0) is 34.7 Å². The number of halogens is 1. The molecule has 1 N–H and O–H groups in total. The van der Waals surface area contributed by atoms with Gasteiger partial charge in [0.05, 0.1) is 18.7 Å². The molecule has 0 radical (unpaired) electrons. The number of Topliss-reactive ketones (excluding diaryl/α,β-unsaturated/α-hetero) is 1. The highest BCUT2D eigenvalue weighted by Crippen LogP contribution is 2.44. The molecule has 1 aliphatic heterocycles. The van der Waals surface area contributed by atoms with Crippen molar-refractivity contribution < 1.29 is 14.7 Å². The van der Waals surface area contributed by atoms with Crippen molar-refractivity contribution in [3.05, 3.63) is 100 Å². The van der Waals surface area contributed by atoms with Gasteiger partial charge in [0.1, 0.15) is 0 Å². The molecule has 0 unspecified atom stereocenters. The summed E-state index contributed by atoms with van der Waals surface area (Å²) in [4.78, 5) is 28.1. The summed E-state index contributed by atoms with van der Waals surface area (Å²) in [5.74, 6) is -0.813. The van der Waals surface area contributed by atoms with E-state index in [9.17, 15) is 14.7 Å². The summed E-state index contributed by atoms with van der Waals surface area (Å²) in [5.41, 5.74) is 1.44. The molecule has 32 heavy (non-hydrogen) atoms. The van der Waals surface area contributed by atoms with Crippen LogP contribution in [-0.4, -0.2) is 16.8 Å². The van der Waals surface area contributed by atoms with Gasteiger partial charge in [0.25, 0.3) is 5.91 Å². The van der Waals surface area contributed by atoms with Crippen LogP contribution in [0.5, 0.6) is 0 Å². The summed E-state index contributed by atoms with van der Waals surface area (Å²) < 4.78 is 0. The Bertz CT molecular complexity index is 1170. The zero-order chi connectivity index (χ0) is 23.1. The molecule has 5 heteroatoms. The molecule has 0 aromatic heterocycles. The van der Waals surface area contributed by atoms with Crippen molar-refractivity contribution >= 4 is 29.0 Å². The van der Waals surface area contributed by atoms with Crippen molar-refractivity contribution in [3.63, 3.8) is 0 Å². The lowest BCUT2D eigenvalue weighted by Gasteiger charge is -2.23. The topological polar surface area (TPSA) is 57.6 Å². The third kappa shape index (κ3) is 4.08. The Labute approximate surface area is 193 Å². The molecule has 0 fully saturated rings. The van der Waals surface area contributed by atoms with Crippen LogP contribution in [0, 0.1) is 0 Å². The van der Waals surface area contributed by atoms with Gasteiger partial charge in [-0.1, -0.05) is 87.0 Å². The van der Waals surface area contributed by atoms with Crippen LogP contribution in [0.25, 0.3) is 0 Å². The molecule has 3 aromatic carbocycles. The minimum Gasteiger partial charge on any atom is -0.375 e. The summed E-state index contributed by atoms with van der Waals surface area (Å²) in [6, 6.07) is 21.9. The molecule has 0 saturated heterocycles. The van der Waals surface area contributed by atoms with Gasteiger partial charge >= 0.3 is 0 Å². The van der Waals surface area contributed by atoms with E-state index in [-0.39, 0.29) is 17.6 Å². The van der Waals surface area contributed by atoms with Crippen LogP contribution < -0.4 is 4.90 Å². The number of fused-ring (bicyclic) bond motifs is 1. The van der Waals surface area contributed by atoms with Crippen molar-refractivity contribution in [2.45, 2.75) is 44.8 Å². The third-order valence-corrected chi connectivity index (χ3v) is 6.20. The maximum Gasteiger partial charge on any atom is 0.264 e. The van der Waals surface area contributed by atoms with Crippen molar-refractivity contribution in [2.24, 2.45) is 0 Å². The van der Waals surface area contributed by atoms with E-state index in [2.05, 4.69) is 20.8 Å². The van der Waals surface area contributed by atoms with E-state index in [1.54, 1.807) is 30.3 Å². The quantitative estimate of drug-likeness (QED) is 0.514. The molecule has 3 aromatic rings. The lowest BCUT2D eigenvalue weighted by atomic mass is 9.85. The lowest BCUT2D eigenvalue weighted by molar-refractivity contribution is -0.136. The first-order valence-corrected chi connectivity index (χ1v) is 11.0. The van der Waals surface area contributed by atoms with Crippen LogP contribution in [0.15, 0.2) is 72.8 Å². The van der Waals surface area contributed by atoms with Crippen LogP contribution in [-0.2, 0) is 22.4 Å². The SMILES string of the molecule is CC(C)(C)c1ccc(C(=O)C[C@@]2(O)C(=O)N(Cc3ccccc3)c3ccc(Cl)cc32)cc1. The van der Waals surface area contributed by atoms with E-state index >= 15 is 0 Å². The van der Waals surface area contributed by atoms with Gasteiger partial charge in [-0.25, -0.2) is 0 Å². The molecule has 0 spiro atoms. The van der Waals surface area contributed by atoms with Crippen molar-refractivity contribution in [3.8, 4) is 0 Å². The van der Waals surface area contributed by atoms with E-state index < -0.39 is 11.5 Å². The van der Waals surface area contributed by atoms with E-state index in [0.717, 1.165) is 11.1 Å². The maximum absolute atomic E-state index is 13.4. The molecule has 0 bridgehead atoms.